The van der Waals surface area contributed by atoms with Gasteiger partial charge in [-0.15, -0.1) is 0 Å². The Morgan fingerprint density at radius 1 is 0.613 bits per heavy atom. The molecule has 0 fully saturated rings. The molecule has 0 unspecified atom stereocenters. The van der Waals surface area contributed by atoms with Gasteiger partial charge in [0.05, 0.1) is 5.39 Å². The molecule has 1 aromatic heterocycles. The van der Waals surface area contributed by atoms with Crippen LogP contribution in [0.5, 0.6) is 0 Å². The van der Waals surface area contributed by atoms with E-state index in [9.17, 15) is 4.79 Å². The van der Waals surface area contributed by atoms with E-state index in [4.69, 9.17) is 4.42 Å². The number of fused-ring (bicyclic) bond motifs is 1. The van der Waals surface area contributed by atoms with Crippen LogP contribution in [-0.2, 0) is 12.8 Å². The van der Waals surface area contributed by atoms with E-state index >= 15 is 0 Å². The van der Waals surface area contributed by atoms with Crippen molar-refractivity contribution >= 4 is 11.0 Å². The molecule has 2 heteroatoms. The van der Waals surface area contributed by atoms with Crippen LogP contribution in [0.25, 0.3) is 22.3 Å². The molecule has 0 N–H and O–H groups in total. The van der Waals surface area contributed by atoms with Crippen LogP contribution >= 0.6 is 0 Å². The van der Waals surface area contributed by atoms with E-state index < -0.39 is 0 Å². The highest BCUT2D eigenvalue weighted by Gasteiger charge is 2.15. The van der Waals surface area contributed by atoms with Gasteiger partial charge < -0.3 is 4.42 Å². The molecule has 0 aliphatic heterocycles. The fourth-order valence-corrected chi connectivity index (χ4v) is 4.04. The maximum Gasteiger partial charge on any atom is 0.193 e. The summed E-state index contributed by atoms with van der Waals surface area (Å²) in [6, 6.07) is 36.1. The zero-order valence-electron chi connectivity index (χ0n) is 17.1. The van der Waals surface area contributed by atoms with E-state index in [-0.39, 0.29) is 5.43 Å². The summed E-state index contributed by atoms with van der Waals surface area (Å²) in [5.74, 6) is 0.601. The Hall–Kier alpha value is -3.91. The standard InChI is InChI=1S/C29H22O2/c30-27-20-28(23-14-8-3-9-15-23)31-29-25(27)17-16-24(18-21-10-4-1-5-11-21)26(29)19-22-12-6-2-7-13-22/h1-17,20H,18-19H2. The van der Waals surface area contributed by atoms with Gasteiger partial charge in [-0.3, -0.25) is 4.79 Å². The maximum absolute atomic E-state index is 13.0. The SMILES string of the molecule is O=c1cc(-c2ccccc2)oc2c(Cc3ccccc3)c(Cc3ccccc3)ccc12. The molecular weight excluding hydrogens is 380 g/mol. The Bertz CT molecular complexity index is 1370. The fraction of sp³-hybridized carbons (Fsp3) is 0.0690. The van der Waals surface area contributed by atoms with Crippen molar-refractivity contribution in [3.8, 4) is 11.3 Å². The van der Waals surface area contributed by atoms with Gasteiger partial charge in [-0.05, 0) is 29.2 Å². The second-order valence-electron chi connectivity index (χ2n) is 7.75. The van der Waals surface area contributed by atoms with E-state index in [0.29, 0.717) is 23.2 Å². The quantitative estimate of drug-likeness (QED) is 0.330. The zero-order valence-corrected chi connectivity index (χ0v) is 17.1. The Kier molecular flexibility index (Phi) is 5.20. The lowest BCUT2D eigenvalue weighted by Gasteiger charge is -2.14. The first-order valence-electron chi connectivity index (χ1n) is 10.5. The second kappa shape index (κ2) is 8.45. The summed E-state index contributed by atoms with van der Waals surface area (Å²) in [6.45, 7) is 0. The zero-order chi connectivity index (χ0) is 21.0. The van der Waals surface area contributed by atoms with Crippen molar-refractivity contribution < 1.29 is 4.42 Å². The van der Waals surface area contributed by atoms with Crippen molar-refractivity contribution in [2.24, 2.45) is 0 Å². The van der Waals surface area contributed by atoms with Crippen LogP contribution in [0, 0.1) is 0 Å². The Labute approximate surface area is 181 Å². The van der Waals surface area contributed by atoms with Gasteiger partial charge in [0.15, 0.2) is 5.43 Å². The first-order valence-corrected chi connectivity index (χ1v) is 10.5. The van der Waals surface area contributed by atoms with Crippen LogP contribution in [0.3, 0.4) is 0 Å². The number of benzene rings is 4. The molecule has 0 amide bonds. The third kappa shape index (κ3) is 4.06. The highest BCUT2D eigenvalue weighted by atomic mass is 16.3. The van der Waals surface area contributed by atoms with Crippen LogP contribution in [-0.4, -0.2) is 0 Å². The van der Waals surface area contributed by atoms with Gasteiger partial charge in [-0.2, -0.15) is 0 Å². The van der Waals surface area contributed by atoms with Crippen molar-refractivity contribution in [1.82, 2.24) is 0 Å². The molecule has 0 aliphatic rings. The fourth-order valence-electron chi connectivity index (χ4n) is 4.04. The van der Waals surface area contributed by atoms with E-state index in [1.165, 1.54) is 16.7 Å². The Morgan fingerprint density at radius 2 is 1.19 bits per heavy atom. The van der Waals surface area contributed by atoms with E-state index in [0.717, 1.165) is 17.5 Å². The molecule has 0 aliphatic carbocycles. The second-order valence-corrected chi connectivity index (χ2v) is 7.75. The van der Waals surface area contributed by atoms with Gasteiger partial charge in [0.2, 0.25) is 0 Å². The van der Waals surface area contributed by atoms with Gasteiger partial charge in [0.25, 0.3) is 0 Å². The number of hydrogen-bond acceptors (Lipinski definition) is 2. The molecule has 5 rings (SSSR count). The van der Waals surface area contributed by atoms with Crippen LogP contribution < -0.4 is 5.43 Å². The highest BCUT2D eigenvalue weighted by molar-refractivity contribution is 5.83. The summed E-state index contributed by atoms with van der Waals surface area (Å²) in [7, 11) is 0. The molecule has 1 heterocycles. The summed E-state index contributed by atoms with van der Waals surface area (Å²) in [4.78, 5) is 13.0. The predicted octanol–water partition coefficient (Wildman–Crippen LogP) is 6.64. The van der Waals surface area contributed by atoms with Crippen LogP contribution in [0.4, 0.5) is 0 Å². The molecule has 31 heavy (non-hydrogen) atoms. The summed E-state index contributed by atoms with van der Waals surface area (Å²) in [5.41, 5.74) is 6.25. The minimum Gasteiger partial charge on any atom is -0.456 e. The molecule has 0 radical (unpaired) electrons. The Morgan fingerprint density at radius 3 is 1.84 bits per heavy atom. The maximum atomic E-state index is 13.0. The average molecular weight is 402 g/mol. The van der Waals surface area contributed by atoms with Crippen LogP contribution in [0.2, 0.25) is 0 Å². The van der Waals surface area contributed by atoms with E-state index in [2.05, 4.69) is 42.5 Å². The largest absolute Gasteiger partial charge is 0.456 e. The summed E-state index contributed by atoms with van der Waals surface area (Å²) in [5, 5.41) is 0.627. The third-order valence-corrected chi connectivity index (χ3v) is 5.62. The van der Waals surface area contributed by atoms with Crippen LogP contribution in [0.1, 0.15) is 22.3 Å². The molecule has 0 spiro atoms. The summed E-state index contributed by atoms with van der Waals surface area (Å²) < 4.78 is 6.41. The first-order chi connectivity index (χ1) is 15.3. The number of rotatable bonds is 5. The van der Waals surface area contributed by atoms with E-state index in [1.54, 1.807) is 6.07 Å². The molecular formula is C29H22O2. The van der Waals surface area contributed by atoms with Crippen LogP contribution in [0.15, 0.2) is 118 Å². The highest BCUT2D eigenvalue weighted by Crippen LogP contribution is 2.29. The van der Waals surface area contributed by atoms with Crippen molar-refractivity contribution in [3.05, 3.63) is 142 Å². The van der Waals surface area contributed by atoms with Gasteiger partial charge in [0, 0.05) is 23.6 Å². The monoisotopic (exact) mass is 402 g/mol. The lowest BCUT2D eigenvalue weighted by Crippen LogP contribution is -2.05. The Balaban J connectivity index is 1.72. The summed E-state index contributed by atoms with van der Waals surface area (Å²) >= 11 is 0. The van der Waals surface area contributed by atoms with Crippen molar-refractivity contribution in [3.63, 3.8) is 0 Å². The predicted molar refractivity (Wildman–Crippen MR) is 126 cm³/mol. The van der Waals surface area contributed by atoms with Gasteiger partial charge in [0.1, 0.15) is 11.3 Å². The molecule has 0 bridgehead atoms. The minimum absolute atomic E-state index is 0.0133. The molecule has 4 aromatic carbocycles. The van der Waals surface area contributed by atoms with Gasteiger partial charge >= 0.3 is 0 Å². The van der Waals surface area contributed by atoms with Crippen molar-refractivity contribution in [2.75, 3.05) is 0 Å². The third-order valence-electron chi connectivity index (χ3n) is 5.62. The lowest BCUT2D eigenvalue weighted by molar-refractivity contribution is 0.614. The molecule has 0 saturated carbocycles. The molecule has 150 valence electrons. The minimum atomic E-state index is -0.0133. The normalized spacial score (nSPS) is 11.0. The van der Waals surface area contributed by atoms with Gasteiger partial charge in [-0.25, -0.2) is 0 Å². The number of hydrogen-bond donors (Lipinski definition) is 0. The molecule has 5 aromatic rings. The molecule has 0 saturated heterocycles. The topological polar surface area (TPSA) is 30.2 Å². The molecule has 0 atom stereocenters. The van der Waals surface area contributed by atoms with E-state index in [1.807, 2.05) is 60.7 Å². The van der Waals surface area contributed by atoms with Gasteiger partial charge in [-0.1, -0.05) is 97.1 Å². The average Bonchev–Trinajstić information content (AvgIpc) is 2.82. The van der Waals surface area contributed by atoms with Crippen molar-refractivity contribution in [2.45, 2.75) is 12.8 Å². The smallest absolute Gasteiger partial charge is 0.193 e. The molecule has 2 nitrogen and oxygen atoms in total. The lowest BCUT2D eigenvalue weighted by atomic mass is 9.93. The summed E-state index contributed by atoms with van der Waals surface area (Å²) in [6.07, 6.45) is 1.50. The van der Waals surface area contributed by atoms with Crippen molar-refractivity contribution in [1.29, 1.82) is 0 Å². The first kappa shape index (κ1) is 19.1.